The second-order valence-electron chi connectivity index (χ2n) is 12.8. The van der Waals surface area contributed by atoms with E-state index in [9.17, 15) is 9.59 Å². The molecule has 216 valence electrons. The Morgan fingerprint density at radius 2 is 1.22 bits per heavy atom. The van der Waals surface area contributed by atoms with Crippen LogP contribution in [0.3, 0.4) is 0 Å². The van der Waals surface area contributed by atoms with Gasteiger partial charge in [-0.05, 0) is 101 Å². The first-order valence-corrected chi connectivity index (χ1v) is 16.1. The van der Waals surface area contributed by atoms with E-state index in [1.54, 1.807) is 0 Å². The summed E-state index contributed by atoms with van der Waals surface area (Å²) in [5.41, 5.74) is -1.29. The third-order valence-corrected chi connectivity index (χ3v) is 11.5. The molecule has 0 aliphatic heterocycles. The van der Waals surface area contributed by atoms with Crippen LogP contribution in [0.25, 0.3) is 0 Å². The van der Waals surface area contributed by atoms with Gasteiger partial charge in [0.15, 0.2) is 14.7 Å². The van der Waals surface area contributed by atoms with E-state index in [0.29, 0.717) is 18.3 Å². The number of carbonyl (C=O) groups is 2. The van der Waals surface area contributed by atoms with Crippen molar-refractivity contribution in [3.05, 3.63) is 91.0 Å². The minimum absolute atomic E-state index is 0.0146. The van der Waals surface area contributed by atoms with Gasteiger partial charge in [0, 0.05) is 6.42 Å². The summed E-state index contributed by atoms with van der Waals surface area (Å²) in [6.45, 7) is 5.88. The van der Waals surface area contributed by atoms with E-state index in [-0.39, 0.29) is 22.8 Å². The van der Waals surface area contributed by atoms with Crippen LogP contribution in [0.15, 0.2) is 106 Å². The van der Waals surface area contributed by atoms with Crippen LogP contribution in [-0.2, 0) is 30.0 Å². The quantitative estimate of drug-likeness (QED) is 0.212. The first-order valence-electron chi connectivity index (χ1n) is 14.9. The molecule has 4 nitrogen and oxygen atoms in total. The molecule has 0 saturated heterocycles. The van der Waals surface area contributed by atoms with E-state index in [2.05, 4.69) is 91.0 Å². The Morgan fingerprint density at radius 3 is 1.61 bits per heavy atom. The lowest BCUT2D eigenvalue weighted by Crippen LogP contribution is -2.60. The number of hydrogen-bond acceptors (Lipinski definition) is 4. The Kier molecular flexibility index (Phi) is 8.65. The van der Waals surface area contributed by atoms with Gasteiger partial charge >= 0.3 is 11.9 Å². The summed E-state index contributed by atoms with van der Waals surface area (Å²) >= 11 is 0. The molecule has 4 aliphatic rings. The minimum Gasteiger partial charge on any atom is -0.469 e. The molecule has 0 amide bonds. The first-order chi connectivity index (χ1) is 19.7. The van der Waals surface area contributed by atoms with Gasteiger partial charge in [0.1, 0.15) is 5.60 Å². The van der Waals surface area contributed by atoms with Gasteiger partial charge in [-0.1, -0.05) is 61.5 Å². The number of benzene rings is 3. The van der Waals surface area contributed by atoms with E-state index < -0.39 is 16.4 Å². The molecule has 7 rings (SSSR count). The minimum atomic E-state index is -0.457. The molecule has 5 heteroatoms. The Balaban J connectivity index is 0.000000166. The maximum atomic E-state index is 12.6. The van der Waals surface area contributed by atoms with Gasteiger partial charge in [0.05, 0.1) is 28.8 Å². The summed E-state index contributed by atoms with van der Waals surface area (Å²) in [4.78, 5) is 29.1. The van der Waals surface area contributed by atoms with E-state index >= 15 is 0 Å². The average molecular weight is 572 g/mol. The number of esters is 2. The Hall–Kier alpha value is -3.05. The molecule has 0 spiro atoms. The summed E-state index contributed by atoms with van der Waals surface area (Å²) in [6, 6.07) is 32.2. The fourth-order valence-corrected chi connectivity index (χ4v) is 9.41. The van der Waals surface area contributed by atoms with Gasteiger partial charge in [-0.15, -0.1) is 0 Å². The molecule has 3 aromatic rings. The topological polar surface area (TPSA) is 52.6 Å². The number of rotatable bonds is 7. The van der Waals surface area contributed by atoms with Crippen molar-refractivity contribution < 1.29 is 19.1 Å². The Morgan fingerprint density at radius 1 is 0.780 bits per heavy atom. The summed E-state index contributed by atoms with van der Waals surface area (Å²) in [7, 11) is 1.46. The molecule has 2 atom stereocenters. The Labute approximate surface area is 248 Å². The zero-order chi connectivity index (χ0) is 29.1. The van der Waals surface area contributed by atoms with Gasteiger partial charge in [-0.3, -0.25) is 9.59 Å². The van der Waals surface area contributed by atoms with Crippen LogP contribution in [0, 0.1) is 22.7 Å². The van der Waals surface area contributed by atoms with Gasteiger partial charge in [-0.2, -0.15) is 0 Å². The fourth-order valence-electron chi connectivity index (χ4n) is 7.31. The van der Waals surface area contributed by atoms with Crippen molar-refractivity contribution in [1.82, 2.24) is 0 Å². The molecule has 2 unspecified atom stereocenters. The van der Waals surface area contributed by atoms with Crippen LogP contribution in [-0.4, -0.2) is 24.6 Å². The highest BCUT2D eigenvalue weighted by Crippen LogP contribution is 2.63. The van der Waals surface area contributed by atoms with Crippen LogP contribution < -0.4 is 0 Å². The van der Waals surface area contributed by atoms with Crippen molar-refractivity contribution in [1.29, 1.82) is 0 Å². The lowest BCUT2D eigenvalue weighted by Gasteiger charge is -2.60. The summed E-state index contributed by atoms with van der Waals surface area (Å²) < 4.78 is 11.2. The van der Waals surface area contributed by atoms with Crippen LogP contribution >= 0.6 is 0 Å². The van der Waals surface area contributed by atoms with Crippen LogP contribution in [0.5, 0.6) is 0 Å². The van der Waals surface area contributed by atoms with Crippen molar-refractivity contribution in [2.45, 2.75) is 86.0 Å². The van der Waals surface area contributed by atoms with Crippen molar-refractivity contribution in [2.75, 3.05) is 7.11 Å². The molecular formula is C36H43O4S+. The second kappa shape index (κ2) is 12.1. The van der Waals surface area contributed by atoms with Crippen LogP contribution in [0.2, 0.25) is 0 Å². The molecule has 3 aromatic carbocycles. The largest absolute Gasteiger partial charge is 0.469 e. The number of ether oxygens (including phenoxy) is 2. The number of hydrogen-bond donors (Lipinski definition) is 0. The maximum absolute atomic E-state index is 12.6. The van der Waals surface area contributed by atoms with Crippen molar-refractivity contribution in [3.63, 3.8) is 0 Å². The monoisotopic (exact) mass is 571 g/mol. The zero-order valence-electron chi connectivity index (χ0n) is 24.8. The average Bonchev–Trinajstić information content (AvgIpc) is 2.98. The van der Waals surface area contributed by atoms with E-state index in [4.69, 9.17) is 9.47 Å². The summed E-state index contributed by atoms with van der Waals surface area (Å²) in [5.74, 6) is 0.782. The third kappa shape index (κ3) is 6.25. The lowest BCUT2D eigenvalue weighted by atomic mass is 9.48. The molecule has 41 heavy (non-hydrogen) atoms. The predicted molar refractivity (Wildman–Crippen MR) is 164 cm³/mol. The zero-order valence-corrected chi connectivity index (χ0v) is 25.6. The first kappa shape index (κ1) is 29.4. The fraction of sp³-hybridized carbons (Fsp3) is 0.444. The normalized spacial score (nSPS) is 26.2. The van der Waals surface area contributed by atoms with E-state index in [1.165, 1.54) is 28.2 Å². The second-order valence-corrected chi connectivity index (χ2v) is 14.8. The molecule has 0 N–H and O–H groups in total. The molecule has 4 aliphatic carbocycles. The SMILES string of the molecule is CCC(C)(C)C(=O)OC12CC3CC(C1)CC(C(=O)OC)(C3)C2.c1ccc([S+](c2ccccc2)c2ccccc2)cc1. The van der Waals surface area contributed by atoms with Crippen LogP contribution in [0.1, 0.15) is 65.7 Å². The van der Waals surface area contributed by atoms with E-state index in [0.717, 1.165) is 32.1 Å². The number of carbonyl (C=O) groups excluding carboxylic acids is 2. The third-order valence-electron chi connectivity index (χ3n) is 9.31. The molecule has 4 saturated carbocycles. The van der Waals surface area contributed by atoms with Gasteiger partial charge < -0.3 is 9.47 Å². The number of methoxy groups -OCH3 is 1. The molecule has 0 heterocycles. The lowest BCUT2D eigenvalue weighted by molar-refractivity contribution is -0.216. The molecule has 4 fully saturated rings. The predicted octanol–water partition coefficient (Wildman–Crippen LogP) is 8.26. The Bertz CT molecular complexity index is 1210. The highest BCUT2D eigenvalue weighted by molar-refractivity contribution is 7.97. The van der Waals surface area contributed by atoms with Crippen molar-refractivity contribution in [3.8, 4) is 0 Å². The van der Waals surface area contributed by atoms with Gasteiger partial charge in [0.25, 0.3) is 0 Å². The van der Waals surface area contributed by atoms with Crippen molar-refractivity contribution >= 4 is 22.8 Å². The van der Waals surface area contributed by atoms with Gasteiger partial charge in [-0.25, -0.2) is 0 Å². The summed E-state index contributed by atoms with van der Waals surface area (Å²) in [5, 5.41) is 0. The molecule has 0 aromatic heterocycles. The molecule has 4 bridgehead atoms. The molecule has 0 radical (unpaired) electrons. The smallest absolute Gasteiger partial charge is 0.312 e. The standard InChI is InChI=1S/C18H28O4.C18H15S/c1-5-16(2,3)14(19)22-18-9-12-6-13(10-18)8-17(7-12,11-18)15(20)21-4;1-4-10-16(11-5-1)19(17-12-6-2-7-13-17)18-14-8-3-9-15-18/h12-13H,5-11H2,1-4H3;1-15H/q;+1. The molecular weight excluding hydrogens is 528 g/mol. The highest BCUT2D eigenvalue weighted by atomic mass is 32.2. The highest BCUT2D eigenvalue weighted by Gasteiger charge is 2.63. The summed E-state index contributed by atoms with van der Waals surface area (Å²) in [6.07, 6.45) is 6.26. The van der Waals surface area contributed by atoms with Crippen LogP contribution in [0.4, 0.5) is 0 Å². The van der Waals surface area contributed by atoms with Crippen molar-refractivity contribution in [2.24, 2.45) is 22.7 Å². The van der Waals surface area contributed by atoms with Gasteiger partial charge in [0.2, 0.25) is 0 Å². The van der Waals surface area contributed by atoms with E-state index in [1.807, 2.05) is 20.8 Å². The maximum Gasteiger partial charge on any atom is 0.312 e.